The summed E-state index contributed by atoms with van der Waals surface area (Å²) in [6.07, 6.45) is 0. The summed E-state index contributed by atoms with van der Waals surface area (Å²) in [6, 6.07) is 6.52. The van der Waals surface area contributed by atoms with Crippen LogP contribution in [0.5, 0.6) is 0 Å². The molecular formula is C14H8F4N2. The van der Waals surface area contributed by atoms with Gasteiger partial charge in [0.05, 0.1) is 11.6 Å². The molecule has 0 aliphatic heterocycles. The zero-order valence-electron chi connectivity index (χ0n) is 10.1. The summed E-state index contributed by atoms with van der Waals surface area (Å²) < 4.78 is 53.0. The first-order valence-corrected chi connectivity index (χ1v) is 5.58. The summed E-state index contributed by atoms with van der Waals surface area (Å²) in [5, 5.41) is 11.1. The van der Waals surface area contributed by atoms with Crippen LogP contribution in [0.4, 0.5) is 23.2 Å². The highest BCUT2D eigenvalue weighted by molar-refractivity contribution is 5.47. The molecule has 0 aliphatic carbocycles. The van der Waals surface area contributed by atoms with Crippen molar-refractivity contribution in [1.82, 2.24) is 0 Å². The van der Waals surface area contributed by atoms with Gasteiger partial charge in [0.25, 0.3) is 0 Å². The Labute approximate surface area is 112 Å². The average Bonchev–Trinajstić information content (AvgIpc) is 2.39. The van der Waals surface area contributed by atoms with E-state index in [1.807, 2.05) is 6.07 Å². The second kappa shape index (κ2) is 5.61. The van der Waals surface area contributed by atoms with E-state index in [0.717, 1.165) is 6.07 Å². The number of hydrogen-bond acceptors (Lipinski definition) is 2. The fourth-order valence-corrected chi connectivity index (χ4v) is 1.67. The summed E-state index contributed by atoms with van der Waals surface area (Å²) in [6.45, 7) is -0.235. The number of rotatable bonds is 3. The van der Waals surface area contributed by atoms with Crippen molar-refractivity contribution in [3.05, 3.63) is 64.7 Å². The Morgan fingerprint density at radius 1 is 0.950 bits per heavy atom. The fourth-order valence-electron chi connectivity index (χ4n) is 1.67. The van der Waals surface area contributed by atoms with Crippen molar-refractivity contribution in [3.63, 3.8) is 0 Å². The lowest BCUT2D eigenvalue weighted by Crippen LogP contribution is -2.06. The monoisotopic (exact) mass is 280 g/mol. The van der Waals surface area contributed by atoms with E-state index < -0.39 is 29.0 Å². The number of halogens is 4. The zero-order chi connectivity index (χ0) is 14.7. The maximum atomic E-state index is 13.5. The molecule has 0 aromatic heterocycles. The van der Waals surface area contributed by atoms with Crippen LogP contribution in [-0.2, 0) is 6.54 Å². The number of nitrogens with zero attached hydrogens (tertiary/aromatic N) is 1. The molecule has 0 unspecified atom stereocenters. The summed E-state index contributed by atoms with van der Waals surface area (Å²) in [4.78, 5) is 0. The molecular weight excluding hydrogens is 272 g/mol. The van der Waals surface area contributed by atoms with Crippen LogP contribution in [0.25, 0.3) is 0 Å². The topological polar surface area (TPSA) is 35.8 Å². The fraction of sp³-hybridized carbons (Fsp3) is 0.0714. The van der Waals surface area contributed by atoms with Crippen LogP contribution >= 0.6 is 0 Å². The molecule has 0 radical (unpaired) electrons. The molecule has 0 saturated carbocycles. The number of hydrogen-bond donors (Lipinski definition) is 1. The van der Waals surface area contributed by atoms with E-state index in [2.05, 4.69) is 5.32 Å². The van der Waals surface area contributed by atoms with Crippen LogP contribution in [0, 0.1) is 34.6 Å². The van der Waals surface area contributed by atoms with E-state index in [1.54, 1.807) is 0 Å². The highest BCUT2D eigenvalue weighted by atomic mass is 19.1. The minimum Gasteiger partial charge on any atom is -0.376 e. The van der Waals surface area contributed by atoms with Gasteiger partial charge in [0, 0.05) is 24.2 Å². The van der Waals surface area contributed by atoms with Crippen LogP contribution in [0.1, 0.15) is 11.1 Å². The number of anilines is 1. The van der Waals surface area contributed by atoms with Crippen LogP contribution in [0.2, 0.25) is 0 Å². The normalized spacial score (nSPS) is 10.2. The molecule has 0 aliphatic rings. The van der Waals surface area contributed by atoms with Gasteiger partial charge in [-0.25, -0.2) is 17.6 Å². The highest BCUT2D eigenvalue weighted by Crippen LogP contribution is 2.21. The third kappa shape index (κ3) is 2.88. The van der Waals surface area contributed by atoms with E-state index in [1.165, 1.54) is 12.1 Å². The summed E-state index contributed by atoms with van der Waals surface area (Å²) >= 11 is 0. The molecule has 2 aromatic rings. The first-order chi connectivity index (χ1) is 9.51. The first-order valence-electron chi connectivity index (χ1n) is 5.58. The molecule has 2 nitrogen and oxygen atoms in total. The smallest absolute Gasteiger partial charge is 0.152 e. The van der Waals surface area contributed by atoms with Gasteiger partial charge in [-0.15, -0.1) is 0 Å². The van der Waals surface area contributed by atoms with Crippen molar-refractivity contribution in [2.24, 2.45) is 0 Å². The van der Waals surface area contributed by atoms with Crippen molar-refractivity contribution < 1.29 is 17.6 Å². The van der Waals surface area contributed by atoms with Crippen molar-refractivity contribution in [2.45, 2.75) is 6.54 Å². The van der Waals surface area contributed by atoms with Crippen molar-refractivity contribution in [3.8, 4) is 6.07 Å². The van der Waals surface area contributed by atoms with E-state index in [9.17, 15) is 17.6 Å². The lowest BCUT2D eigenvalue weighted by atomic mass is 10.1. The lowest BCUT2D eigenvalue weighted by molar-refractivity contribution is 0.546. The molecule has 0 heterocycles. The zero-order valence-corrected chi connectivity index (χ0v) is 10.1. The molecule has 0 fully saturated rings. The highest BCUT2D eigenvalue weighted by Gasteiger charge is 2.12. The third-order valence-electron chi connectivity index (χ3n) is 2.64. The maximum absolute atomic E-state index is 13.5. The largest absolute Gasteiger partial charge is 0.376 e. The Kier molecular flexibility index (Phi) is 3.89. The van der Waals surface area contributed by atoms with Gasteiger partial charge >= 0.3 is 0 Å². The minimum atomic E-state index is -1.11. The summed E-state index contributed by atoms with van der Waals surface area (Å²) in [7, 11) is 0. The summed E-state index contributed by atoms with van der Waals surface area (Å²) in [5.41, 5.74) is -0.247. The van der Waals surface area contributed by atoms with E-state index in [0.29, 0.717) is 12.1 Å². The Morgan fingerprint density at radius 3 is 2.20 bits per heavy atom. The van der Waals surface area contributed by atoms with Crippen LogP contribution in [-0.4, -0.2) is 0 Å². The number of nitriles is 1. The van der Waals surface area contributed by atoms with Gasteiger partial charge in [0.2, 0.25) is 0 Å². The molecule has 20 heavy (non-hydrogen) atoms. The van der Waals surface area contributed by atoms with Crippen molar-refractivity contribution >= 4 is 5.69 Å². The molecule has 0 spiro atoms. The van der Waals surface area contributed by atoms with Crippen molar-refractivity contribution in [1.29, 1.82) is 5.26 Å². The maximum Gasteiger partial charge on any atom is 0.152 e. The molecule has 0 saturated heterocycles. The van der Waals surface area contributed by atoms with Gasteiger partial charge in [-0.1, -0.05) is 0 Å². The Bertz CT molecular complexity index is 669. The predicted molar refractivity (Wildman–Crippen MR) is 64.8 cm³/mol. The van der Waals surface area contributed by atoms with Gasteiger partial charge in [0.1, 0.15) is 17.3 Å². The van der Waals surface area contributed by atoms with Gasteiger partial charge in [0.15, 0.2) is 11.6 Å². The van der Waals surface area contributed by atoms with E-state index >= 15 is 0 Å². The standard InChI is InChI=1S/C14H8F4N2/c15-10-4-12(17)14(13(18)5-10)20-7-9-3-8(6-19)1-2-11(9)16/h1-5,20H,7H2. The van der Waals surface area contributed by atoms with Gasteiger partial charge in [-0.05, 0) is 18.2 Å². The number of benzene rings is 2. The molecule has 6 heteroatoms. The van der Waals surface area contributed by atoms with Crippen molar-refractivity contribution in [2.75, 3.05) is 5.32 Å². The molecule has 2 rings (SSSR count). The number of nitrogens with one attached hydrogen (secondary N) is 1. The van der Waals surface area contributed by atoms with Crippen LogP contribution in [0.3, 0.4) is 0 Å². The molecule has 2 aromatic carbocycles. The molecule has 0 amide bonds. The van der Waals surface area contributed by atoms with Crippen LogP contribution in [0.15, 0.2) is 30.3 Å². The van der Waals surface area contributed by atoms with Crippen LogP contribution < -0.4 is 5.32 Å². The molecule has 0 bridgehead atoms. The van der Waals surface area contributed by atoms with Gasteiger partial charge in [-0.2, -0.15) is 5.26 Å². The van der Waals surface area contributed by atoms with E-state index in [-0.39, 0.29) is 17.7 Å². The molecule has 1 N–H and O–H groups in total. The first kappa shape index (κ1) is 13.9. The van der Waals surface area contributed by atoms with Gasteiger partial charge in [-0.3, -0.25) is 0 Å². The minimum absolute atomic E-state index is 0.0761. The second-order valence-corrected chi connectivity index (χ2v) is 4.02. The SMILES string of the molecule is N#Cc1ccc(F)c(CNc2c(F)cc(F)cc2F)c1. The quantitative estimate of drug-likeness (QED) is 0.870. The second-order valence-electron chi connectivity index (χ2n) is 4.02. The molecule has 102 valence electrons. The average molecular weight is 280 g/mol. The Balaban J connectivity index is 2.24. The summed E-state index contributed by atoms with van der Waals surface area (Å²) in [5.74, 6) is -3.87. The van der Waals surface area contributed by atoms with E-state index in [4.69, 9.17) is 5.26 Å². The van der Waals surface area contributed by atoms with Gasteiger partial charge < -0.3 is 5.32 Å². The Hall–Kier alpha value is -2.55. The predicted octanol–water partition coefficient (Wildman–Crippen LogP) is 3.73. The third-order valence-corrected chi connectivity index (χ3v) is 2.64. The molecule has 0 atom stereocenters. The Morgan fingerprint density at radius 2 is 1.60 bits per heavy atom. The lowest BCUT2D eigenvalue weighted by Gasteiger charge is -2.10.